The van der Waals surface area contributed by atoms with Crippen molar-refractivity contribution in [2.75, 3.05) is 27.7 Å². The summed E-state index contributed by atoms with van der Waals surface area (Å²) in [6.45, 7) is 4.62. The van der Waals surface area contributed by atoms with Crippen LogP contribution < -0.4 is 0 Å². The molecule has 4 nitrogen and oxygen atoms in total. The van der Waals surface area contributed by atoms with E-state index in [1.165, 1.54) is 89.9 Å². The quantitative estimate of drug-likeness (QED) is 0.0637. The van der Waals surface area contributed by atoms with Gasteiger partial charge in [-0.2, -0.15) is 0 Å². The molecule has 0 aliphatic heterocycles. The lowest BCUT2D eigenvalue weighted by Gasteiger charge is -2.35. The van der Waals surface area contributed by atoms with Gasteiger partial charge in [-0.25, -0.2) is 0 Å². The van der Waals surface area contributed by atoms with Crippen molar-refractivity contribution in [3.8, 4) is 0 Å². The highest BCUT2D eigenvalue weighted by Crippen LogP contribution is 2.51. The molecule has 0 fully saturated rings. The van der Waals surface area contributed by atoms with Crippen LogP contribution in [0.3, 0.4) is 0 Å². The van der Waals surface area contributed by atoms with Crippen molar-refractivity contribution < 1.29 is 18.5 Å². The zero-order valence-electron chi connectivity index (χ0n) is 23.0. The molecular formula is C28H59NO3P+. The molecule has 2 unspecified atom stereocenters. The third-order valence-corrected chi connectivity index (χ3v) is 8.93. The summed E-state index contributed by atoms with van der Waals surface area (Å²) >= 11 is 0. The van der Waals surface area contributed by atoms with Gasteiger partial charge in [0.2, 0.25) is 0 Å². The molecule has 0 aromatic heterocycles. The first kappa shape index (κ1) is 32.8. The summed E-state index contributed by atoms with van der Waals surface area (Å²) in [6.07, 6.45) is 28.9. The molecule has 0 rings (SSSR count). The minimum Gasteiger partial charge on any atom is -0.320 e. The number of rotatable bonds is 24. The van der Waals surface area contributed by atoms with Crippen LogP contribution in [0.5, 0.6) is 0 Å². The maximum Gasteiger partial charge on any atom is 0.385 e. The average Bonchev–Trinajstić information content (AvgIpc) is 2.74. The van der Waals surface area contributed by atoms with E-state index < -0.39 is 7.60 Å². The molecule has 1 N–H and O–H groups in total. The fourth-order valence-electron chi connectivity index (χ4n) is 4.55. The molecule has 198 valence electrons. The monoisotopic (exact) mass is 488 g/mol. The van der Waals surface area contributed by atoms with Crippen molar-refractivity contribution >= 4 is 7.60 Å². The van der Waals surface area contributed by atoms with E-state index in [4.69, 9.17) is 4.52 Å². The van der Waals surface area contributed by atoms with Crippen LogP contribution in [0, 0.1) is 0 Å². The lowest BCUT2D eigenvalue weighted by Crippen LogP contribution is -2.44. The van der Waals surface area contributed by atoms with E-state index in [-0.39, 0.29) is 5.78 Å². The van der Waals surface area contributed by atoms with Gasteiger partial charge < -0.3 is 13.9 Å². The Morgan fingerprint density at radius 2 is 1.09 bits per heavy atom. The summed E-state index contributed by atoms with van der Waals surface area (Å²) in [4.78, 5) is 10.3. The zero-order valence-corrected chi connectivity index (χ0v) is 23.9. The van der Waals surface area contributed by atoms with E-state index in [1.54, 1.807) is 0 Å². The smallest absolute Gasteiger partial charge is 0.320 e. The van der Waals surface area contributed by atoms with Gasteiger partial charge >= 0.3 is 7.60 Å². The van der Waals surface area contributed by atoms with Crippen molar-refractivity contribution in [3.05, 3.63) is 12.2 Å². The number of allylic oxidation sites excluding steroid dienone is 2. The molecule has 0 aliphatic carbocycles. The molecule has 0 amide bonds. The van der Waals surface area contributed by atoms with Crippen molar-refractivity contribution in [3.63, 3.8) is 0 Å². The lowest BCUT2D eigenvalue weighted by molar-refractivity contribution is -0.883. The molecule has 2 atom stereocenters. The Morgan fingerprint density at radius 3 is 1.48 bits per heavy atom. The fraction of sp³-hybridized carbons (Fsp3) is 0.929. The molecule has 0 aliphatic rings. The summed E-state index contributed by atoms with van der Waals surface area (Å²) < 4.78 is 18.4. The third-order valence-electron chi connectivity index (χ3n) is 6.57. The number of unbranched alkanes of at least 4 members (excludes halogenated alkanes) is 16. The molecule has 33 heavy (non-hydrogen) atoms. The van der Waals surface area contributed by atoms with E-state index in [1.807, 2.05) is 28.1 Å². The first-order chi connectivity index (χ1) is 15.8. The Balaban J connectivity index is 3.45. The highest BCUT2D eigenvalue weighted by atomic mass is 31.2. The molecule has 0 bridgehead atoms. The van der Waals surface area contributed by atoms with Gasteiger partial charge in [0.05, 0.1) is 27.7 Å². The molecule has 5 heteroatoms. The number of hydrogen-bond acceptors (Lipinski definition) is 2. The molecule has 0 saturated carbocycles. The highest BCUT2D eigenvalue weighted by Gasteiger charge is 2.41. The minimum absolute atomic E-state index is 0.356. The predicted octanol–water partition coefficient (Wildman–Crippen LogP) is 9.23. The second-order valence-electron chi connectivity index (χ2n) is 10.8. The maximum absolute atomic E-state index is 12.5. The molecule has 0 spiro atoms. The topological polar surface area (TPSA) is 46.5 Å². The first-order valence-electron chi connectivity index (χ1n) is 14.2. The highest BCUT2D eigenvalue weighted by molar-refractivity contribution is 7.53. The molecule has 0 saturated heterocycles. The second-order valence-corrected chi connectivity index (χ2v) is 12.7. The van der Waals surface area contributed by atoms with Crippen molar-refractivity contribution in [1.82, 2.24) is 0 Å². The van der Waals surface area contributed by atoms with Gasteiger partial charge in [-0.1, -0.05) is 109 Å². The van der Waals surface area contributed by atoms with Crippen LogP contribution in [0.15, 0.2) is 12.2 Å². The fourth-order valence-corrected chi connectivity index (χ4v) is 6.45. The molecule has 0 heterocycles. The van der Waals surface area contributed by atoms with Gasteiger partial charge in [-0.15, -0.1) is 0 Å². The van der Waals surface area contributed by atoms with Crippen molar-refractivity contribution in [2.45, 2.75) is 142 Å². The normalized spacial score (nSPS) is 15.2. The summed E-state index contributed by atoms with van der Waals surface area (Å²) in [7, 11) is 2.29. The summed E-state index contributed by atoms with van der Waals surface area (Å²) in [5.41, 5.74) is 0. The number of quaternary nitrogens is 1. The molecule has 0 aromatic rings. The van der Waals surface area contributed by atoms with E-state index in [0.29, 0.717) is 17.5 Å². The molecule has 0 aromatic carbocycles. The maximum atomic E-state index is 12.5. The Bertz CT molecular complexity index is 502. The van der Waals surface area contributed by atoms with Gasteiger partial charge in [-0.3, -0.25) is 4.57 Å². The Labute approximate surface area is 207 Å². The first-order valence-corrected chi connectivity index (χ1v) is 15.8. The van der Waals surface area contributed by atoms with E-state index in [0.717, 1.165) is 25.7 Å². The van der Waals surface area contributed by atoms with Gasteiger partial charge in [0.15, 0.2) is 5.78 Å². The second kappa shape index (κ2) is 21.2. The van der Waals surface area contributed by atoms with E-state index in [2.05, 4.69) is 19.1 Å². The van der Waals surface area contributed by atoms with Crippen LogP contribution in [-0.2, 0) is 9.09 Å². The standard InChI is InChI=1S/C28H58NO3P/c1-6-8-9-10-11-12-13-14-15-16-17-18-19-20-21-22-23-24-25-26-27-32-33(30,31)28(7-2)29(3,4)5/h21-22,28H,6-20,23-27H2,1-5H3/p+1. The van der Waals surface area contributed by atoms with Crippen LogP contribution >= 0.6 is 7.60 Å². The lowest BCUT2D eigenvalue weighted by atomic mass is 10.0. The van der Waals surface area contributed by atoms with Gasteiger partial charge in [-0.05, 0) is 32.1 Å². The van der Waals surface area contributed by atoms with E-state index in [9.17, 15) is 9.46 Å². The Kier molecular flexibility index (Phi) is 21.1. The largest absolute Gasteiger partial charge is 0.385 e. The summed E-state index contributed by atoms with van der Waals surface area (Å²) in [6, 6.07) is 0. The summed E-state index contributed by atoms with van der Waals surface area (Å²) in [5.74, 6) is -0.356. The third kappa shape index (κ3) is 19.8. The van der Waals surface area contributed by atoms with Crippen LogP contribution in [0.2, 0.25) is 0 Å². The minimum atomic E-state index is -3.56. The van der Waals surface area contributed by atoms with Crippen molar-refractivity contribution in [2.24, 2.45) is 0 Å². The number of hydrogen-bond donors (Lipinski definition) is 1. The molecule has 0 radical (unpaired) electrons. The number of nitrogens with zero attached hydrogens (tertiary/aromatic N) is 1. The van der Waals surface area contributed by atoms with Crippen LogP contribution in [0.25, 0.3) is 0 Å². The van der Waals surface area contributed by atoms with Crippen LogP contribution in [0.1, 0.15) is 136 Å². The average molecular weight is 489 g/mol. The molecular weight excluding hydrogens is 429 g/mol. The van der Waals surface area contributed by atoms with Crippen LogP contribution in [-0.4, -0.2) is 42.9 Å². The van der Waals surface area contributed by atoms with Gasteiger partial charge in [0.25, 0.3) is 0 Å². The van der Waals surface area contributed by atoms with E-state index >= 15 is 0 Å². The predicted molar refractivity (Wildman–Crippen MR) is 146 cm³/mol. The van der Waals surface area contributed by atoms with Gasteiger partial charge in [0.1, 0.15) is 0 Å². The summed E-state index contributed by atoms with van der Waals surface area (Å²) in [5, 5.41) is 0. The van der Waals surface area contributed by atoms with Gasteiger partial charge in [0, 0.05) is 6.42 Å². The Hall–Kier alpha value is -0.150. The SMILES string of the molecule is CCCCCCCCCCCCCCCC=CCCCCCOP(=O)(O)C(CC)[N+](C)(C)C. The van der Waals surface area contributed by atoms with Crippen molar-refractivity contribution in [1.29, 1.82) is 0 Å². The van der Waals surface area contributed by atoms with Crippen LogP contribution in [0.4, 0.5) is 0 Å². The zero-order chi connectivity index (χ0) is 24.8. The Morgan fingerprint density at radius 1 is 0.697 bits per heavy atom.